The van der Waals surface area contributed by atoms with E-state index in [-0.39, 0.29) is 5.54 Å². The lowest BCUT2D eigenvalue weighted by molar-refractivity contribution is 0.298. The maximum absolute atomic E-state index is 4.74. The lowest BCUT2D eigenvalue weighted by Crippen LogP contribution is -2.43. The molecule has 1 aliphatic heterocycles. The first kappa shape index (κ1) is 14.1. The zero-order chi connectivity index (χ0) is 14.3. The molecule has 0 radical (unpaired) electrons. The van der Waals surface area contributed by atoms with Crippen molar-refractivity contribution >= 4 is 16.3 Å². The topological polar surface area (TPSA) is 29.3 Å². The lowest BCUT2D eigenvalue weighted by atomic mass is 9.83. The summed E-state index contributed by atoms with van der Waals surface area (Å²) in [5.74, 6) is 0.730. The van der Waals surface area contributed by atoms with Crippen molar-refractivity contribution in [3.8, 4) is 0 Å². The molecule has 0 aliphatic carbocycles. The third-order valence-electron chi connectivity index (χ3n) is 4.47. The maximum Gasteiger partial charge on any atom is 0.194 e. The highest BCUT2D eigenvalue weighted by Crippen LogP contribution is 2.32. The Morgan fingerprint density at radius 3 is 2.90 bits per heavy atom. The van der Waals surface area contributed by atoms with E-state index in [0.29, 0.717) is 0 Å². The van der Waals surface area contributed by atoms with Gasteiger partial charge in [-0.25, -0.2) is 4.98 Å². The van der Waals surface area contributed by atoms with Gasteiger partial charge in [-0.3, -0.25) is 4.40 Å². The SMILES string of the molecule is Cc1nc2scc(C)n2c1CC1(CC(C)C)CCCN1. The molecule has 1 fully saturated rings. The Labute approximate surface area is 125 Å². The molecule has 3 nitrogen and oxygen atoms in total. The molecule has 3 rings (SSSR count). The van der Waals surface area contributed by atoms with E-state index in [1.165, 1.54) is 36.3 Å². The summed E-state index contributed by atoms with van der Waals surface area (Å²) in [6.45, 7) is 10.2. The maximum atomic E-state index is 4.74. The van der Waals surface area contributed by atoms with Crippen molar-refractivity contribution in [1.82, 2.24) is 14.7 Å². The van der Waals surface area contributed by atoms with Crippen LogP contribution in [0.15, 0.2) is 5.38 Å². The van der Waals surface area contributed by atoms with Gasteiger partial charge in [-0.15, -0.1) is 11.3 Å². The summed E-state index contributed by atoms with van der Waals surface area (Å²) in [7, 11) is 0. The van der Waals surface area contributed by atoms with Gasteiger partial charge in [0.1, 0.15) is 0 Å². The second-order valence-corrected chi connectivity index (χ2v) is 7.56. The summed E-state index contributed by atoms with van der Waals surface area (Å²) in [6.07, 6.45) is 4.95. The molecule has 0 spiro atoms. The van der Waals surface area contributed by atoms with Gasteiger partial charge in [0, 0.05) is 28.7 Å². The van der Waals surface area contributed by atoms with Crippen LogP contribution in [0, 0.1) is 19.8 Å². The normalized spacial score (nSPS) is 23.2. The summed E-state index contributed by atoms with van der Waals surface area (Å²) in [4.78, 5) is 5.89. The summed E-state index contributed by atoms with van der Waals surface area (Å²) >= 11 is 1.75. The van der Waals surface area contributed by atoms with Gasteiger partial charge in [0.15, 0.2) is 4.96 Å². The van der Waals surface area contributed by atoms with E-state index < -0.39 is 0 Å². The van der Waals surface area contributed by atoms with Crippen molar-refractivity contribution in [2.75, 3.05) is 6.54 Å². The highest BCUT2D eigenvalue weighted by atomic mass is 32.1. The molecule has 0 saturated carbocycles. The highest BCUT2D eigenvalue weighted by Gasteiger charge is 2.35. The van der Waals surface area contributed by atoms with Crippen LogP contribution >= 0.6 is 11.3 Å². The number of rotatable bonds is 4. The minimum absolute atomic E-state index is 0.281. The first-order valence-corrected chi connectivity index (χ1v) is 8.56. The quantitative estimate of drug-likeness (QED) is 0.930. The Morgan fingerprint density at radius 2 is 2.25 bits per heavy atom. The number of aryl methyl sites for hydroxylation is 2. The van der Waals surface area contributed by atoms with Crippen molar-refractivity contribution in [1.29, 1.82) is 0 Å². The van der Waals surface area contributed by atoms with E-state index in [1.807, 2.05) is 0 Å². The molecular weight excluding hydrogens is 266 g/mol. The Kier molecular flexibility index (Phi) is 3.63. The minimum atomic E-state index is 0.281. The predicted molar refractivity (Wildman–Crippen MR) is 85.7 cm³/mol. The average molecular weight is 291 g/mol. The molecule has 2 aromatic heterocycles. The highest BCUT2D eigenvalue weighted by molar-refractivity contribution is 7.15. The molecule has 1 atom stereocenters. The van der Waals surface area contributed by atoms with E-state index in [1.54, 1.807) is 11.3 Å². The fourth-order valence-corrected chi connectivity index (χ4v) is 4.67. The number of aromatic nitrogens is 2. The van der Waals surface area contributed by atoms with Crippen LogP contribution in [0.3, 0.4) is 0 Å². The summed E-state index contributed by atoms with van der Waals surface area (Å²) in [5.41, 5.74) is 4.22. The molecule has 110 valence electrons. The van der Waals surface area contributed by atoms with Crippen LogP contribution in [0.1, 0.15) is 50.2 Å². The van der Waals surface area contributed by atoms with Gasteiger partial charge in [-0.05, 0) is 45.6 Å². The van der Waals surface area contributed by atoms with E-state index in [4.69, 9.17) is 4.98 Å². The van der Waals surface area contributed by atoms with Gasteiger partial charge in [0.05, 0.1) is 5.69 Å². The van der Waals surface area contributed by atoms with Gasteiger partial charge >= 0.3 is 0 Å². The van der Waals surface area contributed by atoms with Crippen LogP contribution in [0.25, 0.3) is 4.96 Å². The Balaban J connectivity index is 1.98. The van der Waals surface area contributed by atoms with Crippen molar-refractivity contribution < 1.29 is 0 Å². The molecule has 2 aromatic rings. The van der Waals surface area contributed by atoms with Gasteiger partial charge in [-0.2, -0.15) is 0 Å². The first-order valence-electron chi connectivity index (χ1n) is 7.68. The van der Waals surface area contributed by atoms with Crippen molar-refractivity contribution in [3.63, 3.8) is 0 Å². The number of hydrogen-bond acceptors (Lipinski definition) is 3. The fourth-order valence-electron chi connectivity index (χ4n) is 3.74. The third-order valence-corrected chi connectivity index (χ3v) is 5.41. The molecular formula is C16H25N3S. The average Bonchev–Trinajstić information content (AvgIpc) is 3.01. The van der Waals surface area contributed by atoms with Crippen molar-refractivity contribution in [3.05, 3.63) is 22.5 Å². The van der Waals surface area contributed by atoms with Crippen LogP contribution in [0.2, 0.25) is 0 Å². The molecule has 0 amide bonds. The van der Waals surface area contributed by atoms with E-state index in [9.17, 15) is 0 Å². The summed E-state index contributed by atoms with van der Waals surface area (Å²) < 4.78 is 2.36. The molecule has 0 aromatic carbocycles. The molecule has 3 heterocycles. The molecule has 20 heavy (non-hydrogen) atoms. The van der Waals surface area contributed by atoms with Crippen LogP contribution in [-0.2, 0) is 6.42 Å². The van der Waals surface area contributed by atoms with Crippen LogP contribution < -0.4 is 5.32 Å². The third kappa shape index (κ3) is 2.40. The number of nitrogens with one attached hydrogen (secondary N) is 1. The first-order chi connectivity index (χ1) is 9.51. The van der Waals surface area contributed by atoms with Gasteiger partial charge < -0.3 is 5.32 Å². The number of thiazole rings is 1. The van der Waals surface area contributed by atoms with Gasteiger partial charge in [-0.1, -0.05) is 13.8 Å². The predicted octanol–water partition coefficient (Wildman–Crippen LogP) is 3.72. The monoisotopic (exact) mass is 291 g/mol. The zero-order valence-corrected chi connectivity index (χ0v) is 13.8. The second kappa shape index (κ2) is 5.15. The van der Waals surface area contributed by atoms with Crippen molar-refractivity contribution in [2.45, 2.75) is 58.9 Å². The Morgan fingerprint density at radius 1 is 1.45 bits per heavy atom. The standard InChI is InChI=1S/C16H25N3S/c1-11(2)8-16(6-5-7-17-16)9-14-13(4)18-15-19(14)12(3)10-20-15/h10-11,17H,5-9H2,1-4H3. The van der Waals surface area contributed by atoms with E-state index in [2.05, 4.69) is 42.8 Å². The summed E-state index contributed by atoms with van der Waals surface area (Å²) in [6, 6.07) is 0. The van der Waals surface area contributed by atoms with E-state index in [0.717, 1.165) is 23.8 Å². The largest absolute Gasteiger partial charge is 0.311 e. The number of fused-ring (bicyclic) bond motifs is 1. The van der Waals surface area contributed by atoms with Crippen molar-refractivity contribution in [2.24, 2.45) is 5.92 Å². The summed E-state index contributed by atoms with van der Waals surface area (Å²) in [5, 5.41) is 6.02. The fraction of sp³-hybridized carbons (Fsp3) is 0.688. The van der Waals surface area contributed by atoms with E-state index >= 15 is 0 Å². The number of hydrogen-bond donors (Lipinski definition) is 1. The Hall–Kier alpha value is -0.870. The Bertz CT molecular complexity index is 603. The number of nitrogens with zero attached hydrogens (tertiary/aromatic N) is 2. The van der Waals surface area contributed by atoms with Gasteiger partial charge in [0.2, 0.25) is 0 Å². The molecule has 0 bridgehead atoms. The molecule has 1 N–H and O–H groups in total. The minimum Gasteiger partial charge on any atom is -0.311 e. The molecule has 4 heteroatoms. The van der Waals surface area contributed by atoms with Gasteiger partial charge in [0.25, 0.3) is 0 Å². The van der Waals surface area contributed by atoms with Crippen LogP contribution in [0.5, 0.6) is 0 Å². The smallest absolute Gasteiger partial charge is 0.194 e. The lowest BCUT2D eigenvalue weighted by Gasteiger charge is -2.31. The molecule has 1 saturated heterocycles. The van der Waals surface area contributed by atoms with Crippen LogP contribution in [-0.4, -0.2) is 21.5 Å². The second-order valence-electron chi connectivity index (χ2n) is 6.72. The molecule has 1 aliphatic rings. The molecule has 1 unspecified atom stereocenters. The zero-order valence-electron chi connectivity index (χ0n) is 13.0. The van der Waals surface area contributed by atoms with Crippen LogP contribution in [0.4, 0.5) is 0 Å². The number of imidazole rings is 1.